The molecule has 0 aromatic carbocycles. The summed E-state index contributed by atoms with van der Waals surface area (Å²) in [6.07, 6.45) is 3.82. The first kappa shape index (κ1) is 11.6. The molecule has 0 aliphatic carbocycles. The molecule has 0 amide bonds. The van der Waals surface area contributed by atoms with Crippen LogP contribution in [-0.4, -0.2) is 25.9 Å². The largest absolute Gasteiger partial charge is 0.330 e. The summed E-state index contributed by atoms with van der Waals surface area (Å²) >= 11 is 0. The molecule has 0 saturated heterocycles. The van der Waals surface area contributed by atoms with Gasteiger partial charge in [0.1, 0.15) is 6.29 Å². The van der Waals surface area contributed by atoms with Gasteiger partial charge < -0.3 is 15.8 Å². The van der Waals surface area contributed by atoms with E-state index in [-0.39, 0.29) is 0 Å². The predicted molar refractivity (Wildman–Crippen MR) is 51.0 cm³/mol. The number of carbonyl (C=O) groups excluding carboxylic acids is 1. The van der Waals surface area contributed by atoms with Gasteiger partial charge >= 0.3 is 0 Å². The third-order valence-corrected chi connectivity index (χ3v) is 1.83. The highest BCUT2D eigenvalue weighted by Gasteiger charge is 1.99. The van der Waals surface area contributed by atoms with E-state index < -0.39 is 0 Å². The summed E-state index contributed by atoms with van der Waals surface area (Å²) in [6.45, 7) is 4.77. The van der Waals surface area contributed by atoms with E-state index >= 15 is 0 Å². The van der Waals surface area contributed by atoms with Crippen LogP contribution in [0.4, 0.5) is 0 Å². The summed E-state index contributed by atoms with van der Waals surface area (Å²) in [5.41, 5.74) is 5.39. The highest BCUT2D eigenvalue weighted by atomic mass is 16.1. The van der Waals surface area contributed by atoms with Gasteiger partial charge in [-0.3, -0.25) is 0 Å². The Morgan fingerprint density at radius 2 is 2.33 bits per heavy atom. The first-order chi connectivity index (χ1) is 5.81. The van der Waals surface area contributed by atoms with Gasteiger partial charge in [-0.05, 0) is 31.8 Å². The smallest absolute Gasteiger partial charge is 0.121 e. The second-order valence-electron chi connectivity index (χ2n) is 3.20. The van der Waals surface area contributed by atoms with Gasteiger partial charge in [-0.25, -0.2) is 0 Å². The van der Waals surface area contributed by atoms with Gasteiger partial charge in [-0.15, -0.1) is 0 Å². The zero-order valence-corrected chi connectivity index (χ0v) is 7.88. The second kappa shape index (κ2) is 8.68. The number of nitrogens with one attached hydrogen (secondary N) is 1. The summed E-state index contributed by atoms with van der Waals surface area (Å²) in [5.74, 6) is 0.667. The molecule has 0 aliphatic heterocycles. The minimum atomic E-state index is 0.615. The Balaban J connectivity index is 3.07. The van der Waals surface area contributed by atoms with E-state index in [1.165, 1.54) is 6.42 Å². The molecule has 0 rings (SSSR count). The van der Waals surface area contributed by atoms with E-state index in [9.17, 15) is 4.79 Å². The molecular formula is C9H20N2O. The van der Waals surface area contributed by atoms with Gasteiger partial charge in [0.05, 0.1) is 0 Å². The number of aldehydes is 1. The minimum Gasteiger partial charge on any atom is -0.330 e. The number of carbonyl (C=O) groups is 1. The lowest BCUT2D eigenvalue weighted by molar-refractivity contribution is -0.107. The average molecular weight is 172 g/mol. The molecule has 0 spiro atoms. The maximum Gasteiger partial charge on any atom is 0.121 e. The van der Waals surface area contributed by atoms with Crippen molar-refractivity contribution in [3.05, 3.63) is 0 Å². The Labute approximate surface area is 74.7 Å². The first-order valence-electron chi connectivity index (χ1n) is 4.65. The van der Waals surface area contributed by atoms with Gasteiger partial charge in [0, 0.05) is 13.0 Å². The van der Waals surface area contributed by atoms with Crippen molar-refractivity contribution in [2.24, 2.45) is 11.7 Å². The zero-order chi connectivity index (χ0) is 9.23. The van der Waals surface area contributed by atoms with Crippen molar-refractivity contribution in [1.29, 1.82) is 0 Å². The maximum atomic E-state index is 9.97. The topological polar surface area (TPSA) is 55.1 Å². The van der Waals surface area contributed by atoms with E-state index in [0.717, 1.165) is 32.3 Å². The van der Waals surface area contributed by atoms with Crippen LogP contribution in [0.1, 0.15) is 26.2 Å². The van der Waals surface area contributed by atoms with E-state index in [1.54, 1.807) is 0 Å². The second-order valence-corrected chi connectivity index (χ2v) is 3.20. The monoisotopic (exact) mass is 172 g/mol. The van der Waals surface area contributed by atoms with Crippen molar-refractivity contribution in [2.75, 3.05) is 19.6 Å². The third kappa shape index (κ3) is 7.69. The number of hydrogen-bond donors (Lipinski definition) is 2. The van der Waals surface area contributed by atoms with Gasteiger partial charge in [0.2, 0.25) is 0 Å². The lowest BCUT2D eigenvalue weighted by atomic mass is 10.1. The number of hydrogen-bond acceptors (Lipinski definition) is 3. The molecular weight excluding hydrogens is 152 g/mol. The van der Waals surface area contributed by atoms with Crippen molar-refractivity contribution < 1.29 is 4.79 Å². The molecule has 0 heterocycles. The quantitative estimate of drug-likeness (QED) is 0.415. The fourth-order valence-electron chi connectivity index (χ4n) is 1.08. The van der Waals surface area contributed by atoms with Crippen LogP contribution in [-0.2, 0) is 4.79 Å². The molecule has 3 heteroatoms. The first-order valence-corrected chi connectivity index (χ1v) is 4.65. The van der Waals surface area contributed by atoms with Crippen molar-refractivity contribution in [3.63, 3.8) is 0 Å². The summed E-state index contributed by atoms with van der Waals surface area (Å²) in [4.78, 5) is 9.97. The molecule has 0 bridgehead atoms. The van der Waals surface area contributed by atoms with Crippen LogP contribution < -0.4 is 11.1 Å². The summed E-state index contributed by atoms with van der Waals surface area (Å²) in [5, 5.41) is 3.22. The third-order valence-electron chi connectivity index (χ3n) is 1.83. The summed E-state index contributed by atoms with van der Waals surface area (Å²) in [6, 6.07) is 0. The predicted octanol–water partition coefficient (Wildman–Crippen LogP) is 0.540. The number of rotatable bonds is 8. The minimum absolute atomic E-state index is 0.615. The molecule has 1 unspecified atom stereocenters. The molecule has 0 saturated carbocycles. The van der Waals surface area contributed by atoms with E-state index in [2.05, 4.69) is 12.2 Å². The Kier molecular flexibility index (Phi) is 8.39. The molecule has 0 aromatic heterocycles. The standard InChI is InChI=1S/C9H20N2O/c1-9(4-2-5-10)8-11-6-3-7-12/h7,9,11H,2-6,8,10H2,1H3. The molecule has 72 valence electrons. The fourth-order valence-corrected chi connectivity index (χ4v) is 1.08. The Morgan fingerprint density at radius 3 is 2.92 bits per heavy atom. The summed E-state index contributed by atoms with van der Waals surface area (Å²) in [7, 11) is 0. The highest BCUT2D eigenvalue weighted by molar-refractivity contribution is 5.49. The van der Waals surface area contributed by atoms with Crippen LogP contribution in [0.15, 0.2) is 0 Å². The zero-order valence-electron chi connectivity index (χ0n) is 7.88. The van der Waals surface area contributed by atoms with E-state index in [0.29, 0.717) is 12.3 Å². The van der Waals surface area contributed by atoms with Crippen LogP contribution in [0.3, 0.4) is 0 Å². The number of nitrogens with two attached hydrogens (primary N) is 1. The lowest BCUT2D eigenvalue weighted by Crippen LogP contribution is -2.22. The van der Waals surface area contributed by atoms with Crippen LogP contribution in [0.25, 0.3) is 0 Å². The van der Waals surface area contributed by atoms with Gasteiger partial charge in [0.25, 0.3) is 0 Å². The molecule has 1 atom stereocenters. The molecule has 0 aromatic rings. The molecule has 0 radical (unpaired) electrons. The van der Waals surface area contributed by atoms with Gasteiger partial charge in [-0.1, -0.05) is 6.92 Å². The average Bonchev–Trinajstić information content (AvgIpc) is 2.09. The Hall–Kier alpha value is -0.410. The summed E-state index contributed by atoms with van der Waals surface area (Å²) < 4.78 is 0. The lowest BCUT2D eigenvalue weighted by Gasteiger charge is -2.10. The van der Waals surface area contributed by atoms with Gasteiger partial charge in [0.15, 0.2) is 0 Å². The molecule has 0 fully saturated rings. The van der Waals surface area contributed by atoms with E-state index in [1.807, 2.05) is 0 Å². The Bertz CT molecular complexity index is 107. The molecule has 12 heavy (non-hydrogen) atoms. The fraction of sp³-hybridized carbons (Fsp3) is 0.889. The van der Waals surface area contributed by atoms with Crippen LogP contribution >= 0.6 is 0 Å². The van der Waals surface area contributed by atoms with Crippen LogP contribution in [0, 0.1) is 5.92 Å². The Morgan fingerprint density at radius 1 is 1.58 bits per heavy atom. The normalized spacial score (nSPS) is 12.8. The van der Waals surface area contributed by atoms with Crippen molar-refractivity contribution >= 4 is 6.29 Å². The highest BCUT2D eigenvalue weighted by Crippen LogP contribution is 2.01. The van der Waals surface area contributed by atoms with Crippen molar-refractivity contribution in [1.82, 2.24) is 5.32 Å². The van der Waals surface area contributed by atoms with Crippen LogP contribution in [0.2, 0.25) is 0 Å². The van der Waals surface area contributed by atoms with Crippen molar-refractivity contribution in [2.45, 2.75) is 26.2 Å². The van der Waals surface area contributed by atoms with Gasteiger partial charge in [-0.2, -0.15) is 0 Å². The molecule has 0 aliphatic rings. The molecule has 3 N–H and O–H groups in total. The SMILES string of the molecule is CC(CCCN)CNCCC=O. The maximum absolute atomic E-state index is 9.97. The van der Waals surface area contributed by atoms with Crippen molar-refractivity contribution in [3.8, 4) is 0 Å². The van der Waals surface area contributed by atoms with Crippen LogP contribution in [0.5, 0.6) is 0 Å². The molecule has 3 nitrogen and oxygen atoms in total. The van der Waals surface area contributed by atoms with E-state index in [4.69, 9.17) is 5.73 Å².